The van der Waals surface area contributed by atoms with E-state index in [-0.39, 0.29) is 37.0 Å². The number of rotatable bonds is 2. The first-order chi connectivity index (χ1) is 6.66. The molecule has 0 spiro atoms. The lowest BCUT2D eigenvalue weighted by Gasteiger charge is -2.36. The van der Waals surface area contributed by atoms with E-state index in [4.69, 9.17) is 9.84 Å². The van der Waals surface area contributed by atoms with Gasteiger partial charge in [-0.15, -0.1) is 0 Å². The molecule has 0 aromatic rings. The Bertz CT molecular complexity index is 244. The topological polar surface area (TPSA) is 66.8 Å². The molecular formula is C9H13NO4. The predicted octanol–water partition coefficient (Wildman–Crippen LogP) is -0.857. The maximum atomic E-state index is 11.3. The Morgan fingerprint density at radius 2 is 1.86 bits per heavy atom. The molecule has 0 bridgehead atoms. The molecule has 0 radical (unpaired) electrons. The van der Waals surface area contributed by atoms with Crippen LogP contribution in [0.15, 0.2) is 0 Å². The molecule has 78 valence electrons. The molecule has 2 fully saturated rings. The van der Waals surface area contributed by atoms with Gasteiger partial charge in [-0.2, -0.15) is 0 Å². The smallest absolute Gasteiger partial charge is 0.255 e. The minimum absolute atomic E-state index is 0.00101. The van der Waals surface area contributed by atoms with Crippen molar-refractivity contribution in [2.24, 2.45) is 5.92 Å². The van der Waals surface area contributed by atoms with Gasteiger partial charge in [-0.3, -0.25) is 14.5 Å². The number of hydrogen-bond acceptors (Lipinski definition) is 4. The van der Waals surface area contributed by atoms with Crippen molar-refractivity contribution in [1.29, 1.82) is 0 Å². The van der Waals surface area contributed by atoms with Crippen molar-refractivity contribution in [3.63, 3.8) is 0 Å². The van der Waals surface area contributed by atoms with Gasteiger partial charge in [0.25, 0.3) is 11.8 Å². The second kappa shape index (κ2) is 3.67. The minimum Gasteiger partial charge on any atom is -0.393 e. The molecule has 0 aromatic carbocycles. The number of aliphatic hydroxyl groups is 1. The van der Waals surface area contributed by atoms with E-state index in [1.807, 2.05) is 0 Å². The lowest BCUT2D eigenvalue weighted by Crippen LogP contribution is -2.50. The van der Waals surface area contributed by atoms with Crippen LogP contribution in [0.25, 0.3) is 0 Å². The summed E-state index contributed by atoms with van der Waals surface area (Å²) < 4.78 is 4.79. The Labute approximate surface area is 81.6 Å². The predicted molar refractivity (Wildman–Crippen MR) is 46.3 cm³/mol. The highest BCUT2D eigenvalue weighted by Gasteiger charge is 2.34. The highest BCUT2D eigenvalue weighted by molar-refractivity contribution is 5.98. The summed E-state index contributed by atoms with van der Waals surface area (Å²) in [5.41, 5.74) is 0. The summed E-state index contributed by atoms with van der Waals surface area (Å²) in [6, 6.07) is 0. The van der Waals surface area contributed by atoms with E-state index in [0.717, 1.165) is 0 Å². The molecule has 2 aliphatic rings. The molecule has 0 atom stereocenters. The number of morpholine rings is 1. The van der Waals surface area contributed by atoms with E-state index in [1.54, 1.807) is 0 Å². The zero-order valence-corrected chi connectivity index (χ0v) is 7.81. The minimum atomic E-state index is -0.261. The fraction of sp³-hybridized carbons (Fsp3) is 0.778. The molecule has 1 saturated carbocycles. The summed E-state index contributed by atoms with van der Waals surface area (Å²) in [5.74, 6) is -0.249. The second-order valence-electron chi connectivity index (χ2n) is 3.88. The maximum Gasteiger partial charge on any atom is 0.255 e. The van der Waals surface area contributed by atoms with Gasteiger partial charge in [-0.25, -0.2) is 0 Å². The second-order valence-corrected chi connectivity index (χ2v) is 3.88. The van der Waals surface area contributed by atoms with Crippen molar-refractivity contribution in [2.45, 2.75) is 18.9 Å². The largest absolute Gasteiger partial charge is 0.393 e. The van der Waals surface area contributed by atoms with Gasteiger partial charge in [0.15, 0.2) is 0 Å². The van der Waals surface area contributed by atoms with Crippen molar-refractivity contribution in [3.8, 4) is 0 Å². The fourth-order valence-corrected chi connectivity index (χ4v) is 1.83. The van der Waals surface area contributed by atoms with Gasteiger partial charge in [-0.1, -0.05) is 0 Å². The molecule has 1 heterocycles. The summed E-state index contributed by atoms with van der Waals surface area (Å²) in [7, 11) is 0. The zero-order chi connectivity index (χ0) is 10.1. The fourth-order valence-electron chi connectivity index (χ4n) is 1.83. The third kappa shape index (κ3) is 1.78. The molecule has 0 aromatic heterocycles. The average molecular weight is 199 g/mol. The standard InChI is InChI=1S/C9H13NO4/c11-7-1-6(2-7)3-10-8(12)4-14-5-9(10)13/h6-7,11H,1-5H2. The zero-order valence-electron chi connectivity index (χ0n) is 7.81. The molecule has 1 saturated heterocycles. The first-order valence-electron chi connectivity index (χ1n) is 4.76. The normalized spacial score (nSPS) is 33.1. The molecule has 1 aliphatic heterocycles. The molecule has 5 heteroatoms. The molecule has 2 amide bonds. The SMILES string of the molecule is O=C1COCC(=O)N1CC1CC(O)C1. The molecule has 5 nitrogen and oxygen atoms in total. The van der Waals surface area contributed by atoms with Crippen LogP contribution in [0.2, 0.25) is 0 Å². The summed E-state index contributed by atoms with van der Waals surface area (Å²) in [6.45, 7) is 0.445. The lowest BCUT2D eigenvalue weighted by molar-refractivity contribution is -0.160. The van der Waals surface area contributed by atoms with E-state index in [1.165, 1.54) is 4.90 Å². The molecule has 2 rings (SSSR count). The number of carbonyl (C=O) groups is 2. The highest BCUT2D eigenvalue weighted by atomic mass is 16.5. The third-order valence-electron chi connectivity index (χ3n) is 2.70. The van der Waals surface area contributed by atoms with Gasteiger partial charge in [0.1, 0.15) is 13.2 Å². The van der Waals surface area contributed by atoms with E-state index in [9.17, 15) is 9.59 Å². The Balaban J connectivity index is 1.88. The van der Waals surface area contributed by atoms with Crippen LogP contribution < -0.4 is 0 Å². The van der Waals surface area contributed by atoms with Gasteiger partial charge >= 0.3 is 0 Å². The van der Waals surface area contributed by atoms with Crippen molar-refractivity contribution in [1.82, 2.24) is 4.90 Å². The van der Waals surface area contributed by atoms with Crippen LogP contribution in [0.4, 0.5) is 0 Å². The van der Waals surface area contributed by atoms with Gasteiger partial charge in [0.05, 0.1) is 6.10 Å². The summed E-state index contributed by atoms with van der Waals surface area (Å²) in [5, 5.41) is 9.07. The Morgan fingerprint density at radius 3 is 2.36 bits per heavy atom. The van der Waals surface area contributed by atoms with Crippen LogP contribution >= 0.6 is 0 Å². The summed E-state index contributed by atoms with van der Waals surface area (Å²) in [6.07, 6.45) is 1.14. The third-order valence-corrected chi connectivity index (χ3v) is 2.70. The van der Waals surface area contributed by atoms with Crippen LogP contribution in [0.3, 0.4) is 0 Å². The Hall–Kier alpha value is -0.940. The molecule has 14 heavy (non-hydrogen) atoms. The van der Waals surface area contributed by atoms with Crippen molar-refractivity contribution in [3.05, 3.63) is 0 Å². The van der Waals surface area contributed by atoms with Crippen LogP contribution in [-0.2, 0) is 14.3 Å². The number of nitrogens with zero attached hydrogens (tertiary/aromatic N) is 1. The number of carbonyl (C=O) groups excluding carboxylic acids is 2. The molecule has 1 N–H and O–H groups in total. The first-order valence-corrected chi connectivity index (χ1v) is 4.76. The maximum absolute atomic E-state index is 11.3. The van der Waals surface area contributed by atoms with Crippen molar-refractivity contribution in [2.75, 3.05) is 19.8 Å². The highest BCUT2D eigenvalue weighted by Crippen LogP contribution is 2.28. The number of aliphatic hydroxyl groups excluding tert-OH is 1. The first kappa shape index (κ1) is 9.61. The van der Waals surface area contributed by atoms with Crippen LogP contribution in [0.5, 0.6) is 0 Å². The van der Waals surface area contributed by atoms with Crippen LogP contribution in [-0.4, -0.2) is 47.7 Å². The van der Waals surface area contributed by atoms with Crippen LogP contribution in [0.1, 0.15) is 12.8 Å². The van der Waals surface area contributed by atoms with E-state index in [2.05, 4.69) is 0 Å². The summed E-state index contributed by atoms with van der Waals surface area (Å²) >= 11 is 0. The number of ether oxygens (including phenoxy) is 1. The van der Waals surface area contributed by atoms with E-state index in [0.29, 0.717) is 19.4 Å². The Kier molecular flexibility index (Phi) is 2.52. The van der Waals surface area contributed by atoms with Crippen molar-refractivity contribution < 1.29 is 19.4 Å². The number of imide groups is 1. The van der Waals surface area contributed by atoms with Gasteiger partial charge in [-0.05, 0) is 18.8 Å². The van der Waals surface area contributed by atoms with E-state index < -0.39 is 0 Å². The molecule has 1 aliphatic carbocycles. The van der Waals surface area contributed by atoms with Gasteiger partial charge in [0, 0.05) is 6.54 Å². The number of amides is 2. The van der Waals surface area contributed by atoms with Gasteiger partial charge in [0.2, 0.25) is 0 Å². The van der Waals surface area contributed by atoms with Gasteiger partial charge < -0.3 is 9.84 Å². The summed E-state index contributed by atoms with van der Waals surface area (Å²) in [4.78, 5) is 23.8. The quantitative estimate of drug-likeness (QED) is 0.588. The molecule has 0 unspecified atom stereocenters. The van der Waals surface area contributed by atoms with Crippen LogP contribution in [0, 0.1) is 5.92 Å². The Morgan fingerprint density at radius 1 is 1.29 bits per heavy atom. The average Bonchev–Trinajstić information content (AvgIpc) is 2.08. The number of hydrogen-bond donors (Lipinski definition) is 1. The molecular weight excluding hydrogens is 186 g/mol. The lowest BCUT2D eigenvalue weighted by atomic mass is 9.82. The monoisotopic (exact) mass is 199 g/mol. The van der Waals surface area contributed by atoms with Crippen molar-refractivity contribution >= 4 is 11.8 Å². The van der Waals surface area contributed by atoms with E-state index >= 15 is 0 Å².